The molecule has 1 aromatic rings. The van der Waals surface area contributed by atoms with E-state index in [1.807, 2.05) is 24.3 Å². The van der Waals surface area contributed by atoms with Crippen molar-refractivity contribution in [1.29, 1.82) is 0 Å². The number of nitrogens with zero attached hydrogens (tertiary/aromatic N) is 1. The van der Waals surface area contributed by atoms with Crippen molar-refractivity contribution >= 4 is 11.9 Å². The van der Waals surface area contributed by atoms with Gasteiger partial charge in [-0.25, -0.2) is 4.79 Å². The van der Waals surface area contributed by atoms with Crippen LogP contribution in [-0.4, -0.2) is 30.4 Å². The number of carbonyl (C=O) groups excluding carboxylic acids is 2. The van der Waals surface area contributed by atoms with Crippen LogP contribution in [0.5, 0.6) is 0 Å². The molecular weight excluding hydrogens is 230 g/mol. The monoisotopic (exact) mass is 245 g/mol. The number of amides is 1. The second-order valence-electron chi connectivity index (χ2n) is 4.22. The molecule has 0 radical (unpaired) electrons. The highest BCUT2D eigenvalue weighted by Crippen LogP contribution is 2.22. The summed E-state index contributed by atoms with van der Waals surface area (Å²) >= 11 is 0. The highest BCUT2D eigenvalue weighted by atomic mass is 16.5. The minimum Gasteiger partial charge on any atom is -0.466 e. The van der Waals surface area contributed by atoms with E-state index >= 15 is 0 Å². The van der Waals surface area contributed by atoms with Crippen molar-refractivity contribution in [3.05, 3.63) is 47.0 Å². The maximum absolute atomic E-state index is 12.0. The van der Waals surface area contributed by atoms with Gasteiger partial charge in [0.25, 0.3) is 5.91 Å². The molecule has 1 aliphatic heterocycles. The molecule has 0 spiro atoms. The zero-order chi connectivity index (χ0) is 13.1. The average molecular weight is 245 g/mol. The quantitative estimate of drug-likeness (QED) is 0.602. The highest BCUT2D eigenvalue weighted by molar-refractivity contribution is 5.98. The van der Waals surface area contributed by atoms with Crippen LogP contribution in [0.25, 0.3) is 0 Å². The van der Waals surface area contributed by atoms with Crippen LogP contribution in [0.3, 0.4) is 0 Å². The van der Waals surface area contributed by atoms with Gasteiger partial charge in [0.1, 0.15) is 0 Å². The summed E-state index contributed by atoms with van der Waals surface area (Å²) in [5.74, 6) is -0.348. The van der Waals surface area contributed by atoms with Gasteiger partial charge >= 0.3 is 5.97 Å². The van der Waals surface area contributed by atoms with Crippen molar-refractivity contribution in [3.8, 4) is 0 Å². The lowest BCUT2D eigenvalue weighted by molar-refractivity contribution is -0.136. The Balaban J connectivity index is 2.07. The van der Waals surface area contributed by atoms with E-state index in [9.17, 15) is 9.59 Å². The number of carbonyl (C=O) groups is 2. The first-order chi connectivity index (χ1) is 8.63. The lowest BCUT2D eigenvalue weighted by Crippen LogP contribution is -2.24. The molecule has 94 valence electrons. The molecule has 0 bridgehead atoms. The molecule has 0 saturated heterocycles. The van der Waals surface area contributed by atoms with Crippen LogP contribution in [0.2, 0.25) is 0 Å². The second kappa shape index (κ2) is 5.04. The summed E-state index contributed by atoms with van der Waals surface area (Å²) in [6.07, 6.45) is 1.72. The van der Waals surface area contributed by atoms with Gasteiger partial charge in [0, 0.05) is 24.2 Å². The van der Waals surface area contributed by atoms with E-state index in [4.69, 9.17) is 0 Å². The summed E-state index contributed by atoms with van der Waals surface area (Å²) in [5.41, 5.74) is 2.30. The minimum absolute atomic E-state index is 0.0134. The van der Waals surface area contributed by atoms with Gasteiger partial charge in [-0.3, -0.25) is 4.79 Å². The van der Waals surface area contributed by atoms with Crippen LogP contribution in [0, 0.1) is 0 Å². The molecule has 0 N–H and O–H groups in total. The first kappa shape index (κ1) is 12.4. The molecule has 1 aromatic carbocycles. The fraction of sp³-hybridized carbons (Fsp3) is 0.286. The van der Waals surface area contributed by atoms with Crippen LogP contribution >= 0.6 is 0 Å². The van der Waals surface area contributed by atoms with E-state index in [2.05, 4.69) is 4.74 Å². The third-order valence-electron chi connectivity index (χ3n) is 3.02. The smallest absolute Gasteiger partial charge is 0.333 e. The van der Waals surface area contributed by atoms with Crippen molar-refractivity contribution in [3.63, 3.8) is 0 Å². The lowest BCUT2D eigenvalue weighted by Gasteiger charge is -2.13. The standard InChI is InChI=1S/C14H15NO3/c1-10(14(17)18-2)7-8-15-9-11-5-3-4-6-12(11)13(15)16/h3-7H,8-9H2,1-2H3. The van der Waals surface area contributed by atoms with Crippen LogP contribution < -0.4 is 0 Å². The molecule has 1 amide bonds. The molecule has 1 aliphatic rings. The van der Waals surface area contributed by atoms with Crippen molar-refractivity contribution in [2.45, 2.75) is 13.5 Å². The van der Waals surface area contributed by atoms with Crippen molar-refractivity contribution in [2.75, 3.05) is 13.7 Å². The number of esters is 1. The van der Waals surface area contributed by atoms with Gasteiger partial charge in [0.05, 0.1) is 7.11 Å². The molecule has 0 fully saturated rings. The SMILES string of the molecule is COC(=O)C(C)=CCN1Cc2ccccc2C1=O. The Morgan fingerprint density at radius 2 is 2.17 bits per heavy atom. The van der Waals surface area contributed by atoms with Gasteiger partial charge in [-0.05, 0) is 18.6 Å². The average Bonchev–Trinajstić information content (AvgIpc) is 2.72. The maximum atomic E-state index is 12.0. The molecule has 4 nitrogen and oxygen atoms in total. The molecule has 2 rings (SSSR count). The fourth-order valence-electron chi connectivity index (χ4n) is 1.95. The van der Waals surface area contributed by atoms with Crippen LogP contribution in [0.1, 0.15) is 22.8 Å². The number of methoxy groups -OCH3 is 1. The summed E-state index contributed by atoms with van der Waals surface area (Å²) in [7, 11) is 1.34. The van der Waals surface area contributed by atoms with E-state index in [0.717, 1.165) is 11.1 Å². The van der Waals surface area contributed by atoms with Gasteiger partial charge in [0.15, 0.2) is 0 Å². The second-order valence-corrected chi connectivity index (χ2v) is 4.22. The minimum atomic E-state index is -0.362. The predicted octanol–water partition coefficient (Wildman–Crippen LogP) is 1.76. The van der Waals surface area contributed by atoms with Gasteiger partial charge in [-0.1, -0.05) is 24.3 Å². The summed E-state index contributed by atoms with van der Waals surface area (Å²) in [6, 6.07) is 7.56. The van der Waals surface area contributed by atoms with Crippen LogP contribution in [-0.2, 0) is 16.1 Å². The molecular formula is C14H15NO3. The van der Waals surface area contributed by atoms with Crippen LogP contribution in [0.15, 0.2) is 35.9 Å². The number of fused-ring (bicyclic) bond motifs is 1. The summed E-state index contributed by atoms with van der Waals surface area (Å²) < 4.78 is 4.61. The van der Waals surface area contributed by atoms with E-state index in [1.165, 1.54) is 7.11 Å². The van der Waals surface area contributed by atoms with Crippen molar-refractivity contribution < 1.29 is 14.3 Å². The first-order valence-corrected chi connectivity index (χ1v) is 5.75. The zero-order valence-corrected chi connectivity index (χ0v) is 10.5. The highest BCUT2D eigenvalue weighted by Gasteiger charge is 2.25. The third kappa shape index (κ3) is 2.27. The lowest BCUT2D eigenvalue weighted by atomic mass is 10.1. The topological polar surface area (TPSA) is 46.6 Å². The largest absolute Gasteiger partial charge is 0.466 e. The number of hydrogen-bond donors (Lipinski definition) is 0. The number of benzene rings is 1. The summed E-state index contributed by atoms with van der Waals surface area (Å²) in [5, 5.41) is 0. The number of rotatable bonds is 3. The normalized spacial score (nSPS) is 14.7. The summed E-state index contributed by atoms with van der Waals surface area (Å²) in [4.78, 5) is 25.0. The molecule has 18 heavy (non-hydrogen) atoms. The van der Waals surface area contributed by atoms with Gasteiger partial charge in [0.2, 0.25) is 0 Å². The van der Waals surface area contributed by atoms with Crippen LogP contribution in [0.4, 0.5) is 0 Å². The first-order valence-electron chi connectivity index (χ1n) is 5.75. The Kier molecular flexibility index (Phi) is 3.46. The van der Waals surface area contributed by atoms with E-state index < -0.39 is 0 Å². The van der Waals surface area contributed by atoms with Crippen molar-refractivity contribution in [2.24, 2.45) is 0 Å². The zero-order valence-electron chi connectivity index (χ0n) is 10.5. The molecule has 0 saturated carbocycles. The molecule has 1 heterocycles. The number of ether oxygens (including phenoxy) is 1. The Morgan fingerprint density at radius 1 is 1.44 bits per heavy atom. The van der Waals surface area contributed by atoms with Crippen molar-refractivity contribution in [1.82, 2.24) is 4.90 Å². The maximum Gasteiger partial charge on any atom is 0.333 e. The van der Waals surface area contributed by atoms with Gasteiger partial charge in [-0.15, -0.1) is 0 Å². The van der Waals surface area contributed by atoms with Gasteiger partial charge in [-0.2, -0.15) is 0 Å². The molecule has 4 heteroatoms. The summed E-state index contributed by atoms with van der Waals surface area (Å²) in [6.45, 7) is 2.70. The van der Waals surface area contributed by atoms with E-state index in [0.29, 0.717) is 18.7 Å². The van der Waals surface area contributed by atoms with E-state index in [-0.39, 0.29) is 11.9 Å². The Labute approximate surface area is 106 Å². The van der Waals surface area contributed by atoms with E-state index in [1.54, 1.807) is 17.9 Å². The molecule has 0 unspecified atom stereocenters. The molecule has 0 atom stereocenters. The van der Waals surface area contributed by atoms with Gasteiger partial charge < -0.3 is 9.64 Å². The third-order valence-corrected chi connectivity index (χ3v) is 3.02. The molecule has 0 aliphatic carbocycles. The number of hydrogen-bond acceptors (Lipinski definition) is 3. The Morgan fingerprint density at radius 3 is 2.83 bits per heavy atom. The predicted molar refractivity (Wildman–Crippen MR) is 67.0 cm³/mol. The Bertz CT molecular complexity index is 520. The fourth-order valence-corrected chi connectivity index (χ4v) is 1.95. The molecule has 0 aromatic heterocycles. The Hall–Kier alpha value is -2.10.